The first-order chi connectivity index (χ1) is 12.4. The second-order valence-corrected chi connectivity index (χ2v) is 9.29. The first kappa shape index (κ1) is 19.9. The number of aromatic nitrogens is 1. The van der Waals surface area contributed by atoms with Gasteiger partial charge in [0.1, 0.15) is 17.5 Å². The van der Waals surface area contributed by atoms with E-state index in [1.54, 1.807) is 4.90 Å². The molecule has 2 aliphatic heterocycles. The Labute approximate surface area is 161 Å². The lowest BCUT2D eigenvalue weighted by Gasteiger charge is -2.33. The molecule has 1 aromatic rings. The Morgan fingerprint density at radius 2 is 2.04 bits per heavy atom. The summed E-state index contributed by atoms with van der Waals surface area (Å²) in [5.41, 5.74) is 0.251. The maximum atomic E-state index is 13.5. The summed E-state index contributed by atoms with van der Waals surface area (Å²) in [5, 5.41) is 17.8. The van der Waals surface area contributed by atoms with Gasteiger partial charge in [-0.15, -0.1) is 0 Å². The van der Waals surface area contributed by atoms with Gasteiger partial charge in [0.15, 0.2) is 0 Å². The van der Waals surface area contributed by atoms with Crippen molar-refractivity contribution in [2.75, 3.05) is 6.54 Å². The number of likely N-dealkylation sites (tertiary alicyclic amines) is 1. The first-order valence-electron chi connectivity index (χ1n) is 9.72. The van der Waals surface area contributed by atoms with Gasteiger partial charge in [-0.05, 0) is 40.5 Å². The fourth-order valence-corrected chi connectivity index (χ4v) is 3.86. The van der Waals surface area contributed by atoms with Crippen molar-refractivity contribution in [2.24, 2.45) is 10.9 Å². The van der Waals surface area contributed by atoms with E-state index in [0.717, 1.165) is 11.5 Å². The molecule has 0 aliphatic carbocycles. The van der Waals surface area contributed by atoms with E-state index in [1.807, 2.05) is 26.8 Å². The number of nitrogens with one attached hydrogen (secondary N) is 1. The predicted molar refractivity (Wildman–Crippen MR) is 104 cm³/mol. The fourth-order valence-electron chi connectivity index (χ4n) is 3.86. The summed E-state index contributed by atoms with van der Waals surface area (Å²) in [6, 6.07) is 1.57. The zero-order chi connectivity index (χ0) is 20.1. The minimum atomic E-state index is -0.556. The summed E-state index contributed by atoms with van der Waals surface area (Å²) in [7, 11) is 0. The molecule has 3 atom stereocenters. The molecule has 1 saturated heterocycles. The molecule has 0 aromatic carbocycles. The predicted octanol–water partition coefficient (Wildman–Crippen LogP) is 2.24. The van der Waals surface area contributed by atoms with Crippen LogP contribution in [0.25, 0.3) is 0 Å². The molecule has 7 nitrogen and oxygen atoms in total. The molecule has 2 aliphatic rings. The van der Waals surface area contributed by atoms with Crippen molar-refractivity contribution < 1.29 is 14.4 Å². The van der Waals surface area contributed by atoms with Gasteiger partial charge in [-0.3, -0.25) is 9.79 Å². The van der Waals surface area contributed by atoms with E-state index in [0.29, 0.717) is 18.7 Å². The number of β-amino-alcohol motifs (C(OH)–C–C–N with tert-alkyl or cyclic N) is 1. The average molecular weight is 377 g/mol. The Hall–Kier alpha value is -1.89. The van der Waals surface area contributed by atoms with Crippen molar-refractivity contribution in [1.82, 2.24) is 15.4 Å². The van der Waals surface area contributed by atoms with E-state index in [-0.39, 0.29) is 28.9 Å². The number of carbonyl (C=O) groups excluding carboxylic acids is 1. The number of aliphatic hydroxyl groups is 1. The molecular weight excluding hydrogens is 344 g/mol. The number of hydrogen-bond acceptors (Lipinski definition) is 6. The smallest absolute Gasteiger partial charge is 0.234 e. The molecular formula is C20H32N4O3. The molecule has 1 aromatic heterocycles. The van der Waals surface area contributed by atoms with Gasteiger partial charge < -0.3 is 19.8 Å². The molecule has 3 heterocycles. The van der Waals surface area contributed by atoms with Crippen LogP contribution in [0.3, 0.4) is 0 Å². The molecule has 0 saturated carbocycles. The lowest BCUT2D eigenvalue weighted by atomic mass is 9.85. The van der Waals surface area contributed by atoms with E-state index in [2.05, 4.69) is 38.2 Å². The molecule has 3 unspecified atom stereocenters. The van der Waals surface area contributed by atoms with E-state index >= 15 is 0 Å². The standard InChI is InChI=1S/C20H32N4O3/c1-11(2)16(15-8-12(3)23-27-15)18(26)24-10-13(25)9-14(24)17-21-19(4,5)20(6,7)22-17/h8,11,13-14,16,25H,9-10H2,1-7H3,(H,21,22). The lowest BCUT2D eigenvalue weighted by molar-refractivity contribution is -0.134. The third kappa shape index (κ3) is 3.49. The molecule has 150 valence electrons. The SMILES string of the molecule is Cc1cc(C(C(=O)N2CC(O)CC2C2=NC(C)(C)C(C)(C)N2)C(C)C)on1. The van der Waals surface area contributed by atoms with Gasteiger partial charge >= 0.3 is 0 Å². The highest BCUT2D eigenvalue weighted by Crippen LogP contribution is 2.35. The minimum Gasteiger partial charge on any atom is -0.391 e. The third-order valence-corrected chi connectivity index (χ3v) is 6.13. The Bertz CT molecular complexity index is 750. The van der Waals surface area contributed by atoms with Crippen LogP contribution in [0.15, 0.2) is 15.6 Å². The molecule has 1 fully saturated rings. The highest BCUT2D eigenvalue weighted by molar-refractivity contribution is 5.95. The molecule has 3 rings (SSSR count). The molecule has 2 N–H and O–H groups in total. The number of nitrogens with zero attached hydrogens (tertiary/aromatic N) is 3. The second kappa shape index (κ2) is 6.62. The summed E-state index contributed by atoms with van der Waals surface area (Å²) in [6.07, 6.45) is -0.0659. The zero-order valence-electron chi connectivity index (χ0n) is 17.4. The van der Waals surface area contributed by atoms with Crippen molar-refractivity contribution in [3.63, 3.8) is 0 Å². The van der Waals surface area contributed by atoms with Gasteiger partial charge in [0.2, 0.25) is 5.91 Å². The third-order valence-electron chi connectivity index (χ3n) is 6.13. The monoisotopic (exact) mass is 376 g/mol. The highest BCUT2D eigenvalue weighted by Gasteiger charge is 2.49. The molecule has 1 amide bonds. The van der Waals surface area contributed by atoms with Crippen LogP contribution in [0.5, 0.6) is 0 Å². The summed E-state index contributed by atoms with van der Waals surface area (Å²) in [5.74, 6) is 0.937. The van der Waals surface area contributed by atoms with Crippen molar-refractivity contribution in [2.45, 2.75) is 84.0 Å². The summed E-state index contributed by atoms with van der Waals surface area (Å²) in [6.45, 7) is 14.5. The van der Waals surface area contributed by atoms with Crippen LogP contribution in [-0.4, -0.2) is 56.7 Å². The van der Waals surface area contributed by atoms with Crippen molar-refractivity contribution in [3.05, 3.63) is 17.5 Å². The second-order valence-electron chi connectivity index (χ2n) is 9.29. The Morgan fingerprint density at radius 3 is 2.52 bits per heavy atom. The van der Waals surface area contributed by atoms with Crippen LogP contribution < -0.4 is 5.32 Å². The molecule has 0 bridgehead atoms. The first-order valence-corrected chi connectivity index (χ1v) is 9.72. The number of aliphatic hydroxyl groups excluding tert-OH is 1. The van der Waals surface area contributed by atoms with E-state index in [4.69, 9.17) is 9.52 Å². The Kier molecular flexibility index (Phi) is 4.87. The molecule has 27 heavy (non-hydrogen) atoms. The Balaban J connectivity index is 1.91. The minimum absolute atomic E-state index is 0.0466. The van der Waals surface area contributed by atoms with Crippen LogP contribution >= 0.6 is 0 Å². The van der Waals surface area contributed by atoms with Gasteiger partial charge in [-0.2, -0.15) is 0 Å². The summed E-state index contributed by atoms with van der Waals surface area (Å²) >= 11 is 0. The lowest BCUT2D eigenvalue weighted by Crippen LogP contribution is -2.54. The number of amides is 1. The fraction of sp³-hybridized carbons (Fsp3) is 0.750. The van der Waals surface area contributed by atoms with Gasteiger partial charge in [0.25, 0.3) is 0 Å². The quantitative estimate of drug-likeness (QED) is 0.841. The highest BCUT2D eigenvalue weighted by atomic mass is 16.5. The number of carbonyl (C=O) groups is 1. The Morgan fingerprint density at radius 1 is 1.37 bits per heavy atom. The van der Waals surface area contributed by atoms with Gasteiger partial charge in [-0.1, -0.05) is 19.0 Å². The number of aliphatic imine (C=N–C) groups is 1. The average Bonchev–Trinajstić information content (AvgIpc) is 3.16. The van der Waals surface area contributed by atoms with Gasteiger partial charge in [0.05, 0.1) is 28.9 Å². The van der Waals surface area contributed by atoms with Crippen LogP contribution in [0.1, 0.15) is 65.3 Å². The zero-order valence-corrected chi connectivity index (χ0v) is 17.4. The van der Waals surface area contributed by atoms with Crippen molar-refractivity contribution in [1.29, 1.82) is 0 Å². The number of hydrogen-bond donors (Lipinski definition) is 2. The maximum Gasteiger partial charge on any atom is 0.234 e. The molecule has 0 spiro atoms. The molecule has 0 radical (unpaired) electrons. The van der Waals surface area contributed by atoms with Gasteiger partial charge in [0, 0.05) is 19.0 Å². The van der Waals surface area contributed by atoms with Crippen LogP contribution in [0.2, 0.25) is 0 Å². The van der Waals surface area contributed by atoms with E-state index < -0.39 is 12.0 Å². The molecule has 7 heteroatoms. The normalized spacial score (nSPS) is 27.6. The van der Waals surface area contributed by atoms with Crippen LogP contribution in [0, 0.1) is 12.8 Å². The summed E-state index contributed by atoms with van der Waals surface area (Å²) in [4.78, 5) is 20.1. The van der Waals surface area contributed by atoms with Crippen LogP contribution in [-0.2, 0) is 4.79 Å². The summed E-state index contributed by atoms with van der Waals surface area (Å²) < 4.78 is 5.42. The number of aryl methyl sites for hydroxylation is 1. The topological polar surface area (TPSA) is 91.0 Å². The van der Waals surface area contributed by atoms with Crippen molar-refractivity contribution >= 4 is 11.7 Å². The van der Waals surface area contributed by atoms with Gasteiger partial charge in [-0.25, -0.2) is 0 Å². The van der Waals surface area contributed by atoms with Crippen LogP contribution in [0.4, 0.5) is 0 Å². The number of rotatable bonds is 4. The van der Waals surface area contributed by atoms with E-state index in [1.165, 1.54) is 0 Å². The van der Waals surface area contributed by atoms with Crippen molar-refractivity contribution in [3.8, 4) is 0 Å². The largest absolute Gasteiger partial charge is 0.391 e. The maximum absolute atomic E-state index is 13.5. The van der Waals surface area contributed by atoms with E-state index in [9.17, 15) is 9.90 Å². The number of amidine groups is 1.